The molecule has 31 heavy (non-hydrogen) atoms. The zero-order valence-corrected chi connectivity index (χ0v) is 21.4. The smallest absolute Gasteiger partial charge is 0.191 e. The van der Waals surface area contributed by atoms with Crippen LogP contribution in [0, 0.1) is 0 Å². The number of rotatable bonds is 11. The fraction of sp³-hybridized carbons (Fsp3) is 0.435. The molecule has 0 bridgehead atoms. The average molecular weight is 542 g/mol. The molecule has 172 valence electrons. The Morgan fingerprint density at radius 3 is 2.10 bits per heavy atom. The molecule has 0 heterocycles. The number of aliphatic imine (C=N–C) groups is 1. The molecule has 0 amide bonds. The van der Waals surface area contributed by atoms with E-state index in [4.69, 9.17) is 14.2 Å². The molecule has 0 saturated carbocycles. The number of nitrogens with zero attached hydrogens (tertiary/aromatic N) is 2. The first-order chi connectivity index (χ1) is 14.5. The average Bonchev–Trinajstić information content (AvgIpc) is 2.77. The molecule has 0 fully saturated rings. The Morgan fingerprint density at radius 1 is 0.903 bits per heavy atom. The highest BCUT2D eigenvalue weighted by Crippen LogP contribution is 2.27. The summed E-state index contributed by atoms with van der Waals surface area (Å²) in [6, 6.07) is 14.0. The van der Waals surface area contributed by atoms with Crippen LogP contribution < -0.4 is 24.8 Å². The van der Waals surface area contributed by atoms with Gasteiger partial charge in [0.1, 0.15) is 5.75 Å². The molecule has 0 aliphatic carbocycles. The number of hydrogen-bond donors (Lipinski definition) is 2. The van der Waals surface area contributed by atoms with Crippen LogP contribution in [0.25, 0.3) is 0 Å². The Balaban J connectivity index is 0.00000480. The fourth-order valence-corrected chi connectivity index (χ4v) is 2.86. The maximum Gasteiger partial charge on any atom is 0.191 e. The number of guanidine groups is 1. The normalized spacial score (nSPS) is 11.0. The first kappa shape index (κ1) is 26.8. The maximum atomic E-state index is 5.78. The van der Waals surface area contributed by atoms with Crippen LogP contribution in [0.3, 0.4) is 0 Å². The van der Waals surface area contributed by atoms with E-state index in [2.05, 4.69) is 46.8 Å². The molecule has 0 aromatic heterocycles. The largest absolute Gasteiger partial charge is 0.494 e. The molecule has 0 radical (unpaired) electrons. The molecule has 2 N–H and O–H groups in total. The van der Waals surface area contributed by atoms with E-state index >= 15 is 0 Å². The SMILES string of the molecule is CN=C(NCc1ccc(OCCCN(C)C)cc1)NCc1ccc(OC)c(OC)c1.I. The van der Waals surface area contributed by atoms with Gasteiger partial charge in [0.05, 0.1) is 20.8 Å². The van der Waals surface area contributed by atoms with E-state index in [1.165, 1.54) is 0 Å². The van der Waals surface area contributed by atoms with Crippen molar-refractivity contribution in [3.63, 3.8) is 0 Å². The summed E-state index contributed by atoms with van der Waals surface area (Å²) in [6.07, 6.45) is 1.01. The highest BCUT2D eigenvalue weighted by atomic mass is 127. The van der Waals surface area contributed by atoms with Crippen molar-refractivity contribution in [2.24, 2.45) is 4.99 Å². The number of benzene rings is 2. The van der Waals surface area contributed by atoms with E-state index in [0.717, 1.165) is 42.4 Å². The van der Waals surface area contributed by atoms with Gasteiger partial charge in [-0.25, -0.2) is 0 Å². The van der Waals surface area contributed by atoms with Crippen LogP contribution in [0.4, 0.5) is 0 Å². The second-order valence-electron chi connectivity index (χ2n) is 7.12. The van der Waals surface area contributed by atoms with Crippen LogP contribution in [0.1, 0.15) is 17.5 Å². The van der Waals surface area contributed by atoms with Crippen molar-refractivity contribution < 1.29 is 14.2 Å². The molecule has 0 saturated heterocycles. The topological polar surface area (TPSA) is 67.4 Å². The van der Waals surface area contributed by atoms with E-state index in [9.17, 15) is 0 Å². The van der Waals surface area contributed by atoms with Gasteiger partial charge in [-0.15, -0.1) is 24.0 Å². The molecule has 2 rings (SSSR count). The summed E-state index contributed by atoms with van der Waals surface area (Å²) in [7, 11) is 9.16. The first-order valence-corrected chi connectivity index (χ1v) is 10.1. The second kappa shape index (κ2) is 14.7. The minimum Gasteiger partial charge on any atom is -0.494 e. The summed E-state index contributed by atoms with van der Waals surface area (Å²) in [5, 5.41) is 6.64. The van der Waals surface area contributed by atoms with E-state index in [1.807, 2.05) is 30.3 Å². The van der Waals surface area contributed by atoms with Gasteiger partial charge < -0.3 is 29.7 Å². The minimum atomic E-state index is 0. The zero-order chi connectivity index (χ0) is 21.8. The first-order valence-electron chi connectivity index (χ1n) is 10.1. The number of halogens is 1. The third-order valence-electron chi connectivity index (χ3n) is 4.53. The lowest BCUT2D eigenvalue weighted by Gasteiger charge is -2.14. The summed E-state index contributed by atoms with van der Waals surface area (Å²) in [6.45, 7) is 3.05. The van der Waals surface area contributed by atoms with Crippen LogP contribution in [0.2, 0.25) is 0 Å². The van der Waals surface area contributed by atoms with Crippen molar-refractivity contribution in [1.29, 1.82) is 0 Å². The van der Waals surface area contributed by atoms with Crippen LogP contribution in [0.15, 0.2) is 47.5 Å². The van der Waals surface area contributed by atoms with Crippen molar-refractivity contribution in [3.8, 4) is 17.2 Å². The van der Waals surface area contributed by atoms with Crippen molar-refractivity contribution in [2.45, 2.75) is 19.5 Å². The van der Waals surface area contributed by atoms with Gasteiger partial charge in [0.15, 0.2) is 17.5 Å². The van der Waals surface area contributed by atoms with Crippen LogP contribution in [-0.4, -0.2) is 59.4 Å². The van der Waals surface area contributed by atoms with Gasteiger partial charge >= 0.3 is 0 Å². The predicted molar refractivity (Wildman–Crippen MR) is 137 cm³/mol. The number of methoxy groups -OCH3 is 2. The van der Waals surface area contributed by atoms with Gasteiger partial charge in [0.25, 0.3) is 0 Å². The second-order valence-corrected chi connectivity index (χ2v) is 7.12. The highest BCUT2D eigenvalue weighted by Gasteiger charge is 2.05. The van der Waals surface area contributed by atoms with E-state index in [0.29, 0.717) is 24.6 Å². The molecule has 7 nitrogen and oxygen atoms in total. The fourth-order valence-electron chi connectivity index (χ4n) is 2.86. The summed E-state index contributed by atoms with van der Waals surface area (Å²) < 4.78 is 16.4. The molecule has 0 aliphatic heterocycles. The Hall–Kier alpha value is -2.20. The standard InChI is InChI=1S/C23H34N4O3.HI/c1-24-23(26-17-19-9-12-21(28-4)22(15-19)29-5)25-16-18-7-10-20(11-8-18)30-14-6-13-27(2)3;/h7-12,15H,6,13-14,16-17H2,1-5H3,(H2,24,25,26);1H. The summed E-state index contributed by atoms with van der Waals surface area (Å²) >= 11 is 0. The Kier molecular flexibility index (Phi) is 12.8. The lowest BCUT2D eigenvalue weighted by molar-refractivity contribution is 0.281. The van der Waals surface area contributed by atoms with Crippen molar-refractivity contribution in [3.05, 3.63) is 53.6 Å². The summed E-state index contributed by atoms with van der Waals surface area (Å²) in [5.41, 5.74) is 2.23. The van der Waals surface area contributed by atoms with Crippen molar-refractivity contribution in [2.75, 3.05) is 48.5 Å². The van der Waals surface area contributed by atoms with Crippen LogP contribution in [-0.2, 0) is 13.1 Å². The van der Waals surface area contributed by atoms with Crippen LogP contribution >= 0.6 is 24.0 Å². The minimum absolute atomic E-state index is 0. The van der Waals surface area contributed by atoms with E-state index in [1.54, 1.807) is 21.3 Å². The van der Waals surface area contributed by atoms with E-state index < -0.39 is 0 Å². The number of nitrogens with one attached hydrogen (secondary N) is 2. The van der Waals surface area contributed by atoms with E-state index in [-0.39, 0.29) is 24.0 Å². The summed E-state index contributed by atoms with van der Waals surface area (Å²) in [5.74, 6) is 3.06. The van der Waals surface area contributed by atoms with Crippen molar-refractivity contribution >= 4 is 29.9 Å². The third kappa shape index (κ3) is 9.65. The molecule has 2 aromatic rings. The number of hydrogen-bond acceptors (Lipinski definition) is 5. The Labute approximate surface area is 203 Å². The van der Waals surface area contributed by atoms with Crippen LogP contribution in [0.5, 0.6) is 17.2 Å². The Bertz CT molecular complexity index is 798. The third-order valence-corrected chi connectivity index (χ3v) is 4.53. The molecule has 0 unspecified atom stereocenters. The molecule has 0 atom stereocenters. The van der Waals surface area contributed by atoms with Gasteiger partial charge in [-0.2, -0.15) is 0 Å². The molecule has 0 spiro atoms. The molecule has 0 aliphatic rings. The van der Waals surface area contributed by atoms with Gasteiger partial charge in [0, 0.05) is 26.7 Å². The van der Waals surface area contributed by atoms with Gasteiger partial charge in [0.2, 0.25) is 0 Å². The lowest BCUT2D eigenvalue weighted by Crippen LogP contribution is -2.36. The monoisotopic (exact) mass is 542 g/mol. The van der Waals surface area contributed by atoms with Crippen molar-refractivity contribution in [1.82, 2.24) is 15.5 Å². The quantitative estimate of drug-likeness (QED) is 0.196. The molecular weight excluding hydrogens is 507 g/mol. The summed E-state index contributed by atoms with van der Waals surface area (Å²) in [4.78, 5) is 6.44. The lowest BCUT2D eigenvalue weighted by atomic mass is 10.2. The molecule has 8 heteroatoms. The maximum absolute atomic E-state index is 5.78. The zero-order valence-electron chi connectivity index (χ0n) is 19.1. The van der Waals surface area contributed by atoms with Gasteiger partial charge in [-0.3, -0.25) is 4.99 Å². The Morgan fingerprint density at radius 2 is 1.52 bits per heavy atom. The molecular formula is C23H35IN4O3. The molecule has 2 aromatic carbocycles. The highest BCUT2D eigenvalue weighted by molar-refractivity contribution is 14.0. The predicted octanol–water partition coefficient (Wildman–Crippen LogP) is 3.52. The van der Waals surface area contributed by atoms with Gasteiger partial charge in [-0.1, -0.05) is 18.2 Å². The van der Waals surface area contributed by atoms with Gasteiger partial charge in [-0.05, 0) is 55.9 Å². The number of ether oxygens (including phenoxy) is 3.